The number of nitrogens with two attached hydrogens (primary N) is 1. The van der Waals surface area contributed by atoms with Crippen molar-refractivity contribution in [3.05, 3.63) is 35.4 Å². The molecule has 0 amide bonds. The number of hydrogen-bond donors (Lipinski definition) is 2. The minimum absolute atomic E-state index is 0.224. The van der Waals surface area contributed by atoms with E-state index in [1.165, 1.54) is 0 Å². The first-order valence-corrected chi connectivity index (χ1v) is 5.17. The summed E-state index contributed by atoms with van der Waals surface area (Å²) in [5.74, 6) is 4.36. The van der Waals surface area contributed by atoms with E-state index in [-0.39, 0.29) is 5.56 Å². The lowest BCUT2D eigenvalue weighted by molar-refractivity contribution is 0.136. The van der Waals surface area contributed by atoms with Gasteiger partial charge < -0.3 is 4.74 Å². The fourth-order valence-electron chi connectivity index (χ4n) is 1.46. The molecule has 90 valence electrons. The highest BCUT2D eigenvalue weighted by Crippen LogP contribution is 2.20. The molecule has 0 aliphatic heterocycles. The standard InChI is InChI=1S/C11H16F2N2O/c1-2-16-6-5-11(15-14)9-7-8(12)3-4-10(9)13/h3-4,7,11,15H,2,5-6,14H2,1H3. The van der Waals surface area contributed by atoms with Gasteiger partial charge in [0.05, 0.1) is 6.04 Å². The number of ether oxygens (including phenoxy) is 1. The van der Waals surface area contributed by atoms with Gasteiger partial charge in [0, 0.05) is 18.8 Å². The van der Waals surface area contributed by atoms with E-state index < -0.39 is 17.7 Å². The van der Waals surface area contributed by atoms with E-state index in [1.807, 2.05) is 6.92 Å². The molecule has 1 aromatic carbocycles. The van der Waals surface area contributed by atoms with Crippen LogP contribution in [0.4, 0.5) is 8.78 Å². The molecular formula is C11H16F2N2O. The molecule has 0 bridgehead atoms. The second kappa shape index (κ2) is 6.52. The quantitative estimate of drug-likeness (QED) is 0.446. The third kappa shape index (κ3) is 3.52. The van der Waals surface area contributed by atoms with Crippen LogP contribution < -0.4 is 11.3 Å². The van der Waals surface area contributed by atoms with Crippen molar-refractivity contribution in [1.82, 2.24) is 5.43 Å². The van der Waals surface area contributed by atoms with E-state index >= 15 is 0 Å². The molecule has 1 unspecified atom stereocenters. The number of rotatable bonds is 6. The van der Waals surface area contributed by atoms with Gasteiger partial charge in [0.15, 0.2) is 0 Å². The average Bonchev–Trinajstić information content (AvgIpc) is 2.28. The summed E-state index contributed by atoms with van der Waals surface area (Å²) in [4.78, 5) is 0. The summed E-state index contributed by atoms with van der Waals surface area (Å²) in [6.45, 7) is 2.90. The van der Waals surface area contributed by atoms with E-state index in [0.29, 0.717) is 19.6 Å². The Morgan fingerprint density at radius 2 is 2.19 bits per heavy atom. The molecule has 16 heavy (non-hydrogen) atoms. The lowest BCUT2D eigenvalue weighted by Gasteiger charge is -2.16. The molecule has 0 aliphatic carbocycles. The van der Waals surface area contributed by atoms with E-state index in [2.05, 4.69) is 5.43 Å². The van der Waals surface area contributed by atoms with Gasteiger partial charge >= 0.3 is 0 Å². The van der Waals surface area contributed by atoms with Gasteiger partial charge in [-0.2, -0.15) is 0 Å². The average molecular weight is 230 g/mol. The summed E-state index contributed by atoms with van der Waals surface area (Å²) in [6, 6.07) is 2.87. The van der Waals surface area contributed by atoms with Gasteiger partial charge in [-0.15, -0.1) is 0 Å². The Labute approximate surface area is 93.6 Å². The Morgan fingerprint density at radius 1 is 1.44 bits per heavy atom. The Balaban J connectivity index is 2.73. The van der Waals surface area contributed by atoms with Crippen LogP contribution in [-0.2, 0) is 4.74 Å². The maximum absolute atomic E-state index is 13.4. The van der Waals surface area contributed by atoms with Gasteiger partial charge in [-0.3, -0.25) is 11.3 Å². The van der Waals surface area contributed by atoms with Crippen LogP contribution in [0, 0.1) is 11.6 Å². The van der Waals surface area contributed by atoms with Crippen LogP contribution >= 0.6 is 0 Å². The molecule has 5 heteroatoms. The summed E-state index contributed by atoms with van der Waals surface area (Å²) >= 11 is 0. The highest BCUT2D eigenvalue weighted by atomic mass is 19.1. The molecular weight excluding hydrogens is 214 g/mol. The number of halogens is 2. The summed E-state index contributed by atoms with van der Waals surface area (Å²) in [6.07, 6.45) is 0.491. The monoisotopic (exact) mass is 230 g/mol. The molecule has 0 heterocycles. The Morgan fingerprint density at radius 3 is 2.81 bits per heavy atom. The maximum Gasteiger partial charge on any atom is 0.128 e. The van der Waals surface area contributed by atoms with E-state index in [4.69, 9.17) is 10.6 Å². The smallest absolute Gasteiger partial charge is 0.128 e. The Bertz CT molecular complexity index is 334. The van der Waals surface area contributed by atoms with E-state index in [1.54, 1.807) is 0 Å². The molecule has 0 spiro atoms. The number of benzene rings is 1. The van der Waals surface area contributed by atoms with Crippen molar-refractivity contribution in [2.75, 3.05) is 13.2 Å². The van der Waals surface area contributed by atoms with Crippen LogP contribution in [0.25, 0.3) is 0 Å². The summed E-state index contributed by atoms with van der Waals surface area (Å²) in [5, 5.41) is 0. The van der Waals surface area contributed by atoms with Gasteiger partial charge in [-0.05, 0) is 31.5 Å². The summed E-state index contributed by atoms with van der Waals surface area (Å²) < 4.78 is 31.5. The fourth-order valence-corrected chi connectivity index (χ4v) is 1.46. The largest absolute Gasteiger partial charge is 0.382 e. The van der Waals surface area contributed by atoms with Crippen molar-refractivity contribution in [3.8, 4) is 0 Å². The molecule has 3 nitrogen and oxygen atoms in total. The molecule has 1 aromatic rings. The highest BCUT2D eigenvalue weighted by molar-refractivity contribution is 5.22. The second-order valence-corrected chi connectivity index (χ2v) is 3.37. The normalized spacial score (nSPS) is 12.8. The van der Waals surface area contributed by atoms with Gasteiger partial charge in [-0.1, -0.05) is 0 Å². The van der Waals surface area contributed by atoms with Crippen LogP contribution in [0.5, 0.6) is 0 Å². The molecule has 0 saturated carbocycles. The van der Waals surface area contributed by atoms with Crippen LogP contribution in [-0.4, -0.2) is 13.2 Å². The van der Waals surface area contributed by atoms with Gasteiger partial charge in [-0.25, -0.2) is 8.78 Å². The van der Waals surface area contributed by atoms with Crippen LogP contribution in [0.1, 0.15) is 24.9 Å². The van der Waals surface area contributed by atoms with Crippen molar-refractivity contribution in [3.63, 3.8) is 0 Å². The van der Waals surface area contributed by atoms with Gasteiger partial charge in [0.2, 0.25) is 0 Å². The van der Waals surface area contributed by atoms with E-state index in [9.17, 15) is 8.78 Å². The molecule has 0 aromatic heterocycles. The first kappa shape index (κ1) is 13.0. The number of hydrazine groups is 1. The van der Waals surface area contributed by atoms with Crippen molar-refractivity contribution in [2.24, 2.45) is 5.84 Å². The third-order valence-electron chi connectivity index (χ3n) is 2.29. The molecule has 0 aliphatic rings. The number of nitrogens with one attached hydrogen (secondary N) is 1. The number of hydrogen-bond acceptors (Lipinski definition) is 3. The van der Waals surface area contributed by atoms with Crippen LogP contribution in [0.2, 0.25) is 0 Å². The first-order chi connectivity index (χ1) is 7.69. The van der Waals surface area contributed by atoms with Crippen molar-refractivity contribution in [1.29, 1.82) is 0 Å². The molecule has 0 saturated heterocycles. The van der Waals surface area contributed by atoms with Crippen molar-refractivity contribution in [2.45, 2.75) is 19.4 Å². The Hall–Kier alpha value is -1.04. The highest BCUT2D eigenvalue weighted by Gasteiger charge is 2.14. The predicted molar refractivity (Wildman–Crippen MR) is 57.5 cm³/mol. The zero-order valence-electron chi connectivity index (χ0n) is 9.17. The van der Waals surface area contributed by atoms with Crippen LogP contribution in [0.15, 0.2) is 18.2 Å². The zero-order valence-corrected chi connectivity index (χ0v) is 9.17. The topological polar surface area (TPSA) is 47.3 Å². The lowest BCUT2D eigenvalue weighted by Crippen LogP contribution is -2.29. The lowest BCUT2D eigenvalue weighted by atomic mass is 10.0. The SMILES string of the molecule is CCOCCC(NN)c1cc(F)ccc1F. The minimum atomic E-state index is -0.479. The molecule has 0 radical (unpaired) electrons. The molecule has 0 fully saturated rings. The van der Waals surface area contributed by atoms with Gasteiger partial charge in [0.25, 0.3) is 0 Å². The summed E-state index contributed by atoms with van der Waals surface area (Å²) in [5.41, 5.74) is 2.68. The first-order valence-electron chi connectivity index (χ1n) is 5.17. The van der Waals surface area contributed by atoms with Crippen molar-refractivity contribution >= 4 is 0 Å². The minimum Gasteiger partial charge on any atom is -0.382 e. The molecule has 1 atom stereocenters. The van der Waals surface area contributed by atoms with Crippen molar-refractivity contribution < 1.29 is 13.5 Å². The second-order valence-electron chi connectivity index (χ2n) is 3.37. The van der Waals surface area contributed by atoms with E-state index in [0.717, 1.165) is 18.2 Å². The fraction of sp³-hybridized carbons (Fsp3) is 0.455. The molecule has 3 N–H and O–H groups in total. The zero-order chi connectivity index (χ0) is 12.0. The molecule has 1 rings (SSSR count). The summed E-state index contributed by atoms with van der Waals surface area (Å²) in [7, 11) is 0. The predicted octanol–water partition coefficient (Wildman–Crippen LogP) is 1.90. The Kier molecular flexibility index (Phi) is 5.31. The van der Waals surface area contributed by atoms with Gasteiger partial charge in [0.1, 0.15) is 11.6 Å². The third-order valence-corrected chi connectivity index (χ3v) is 2.29. The van der Waals surface area contributed by atoms with Crippen LogP contribution in [0.3, 0.4) is 0 Å². The maximum atomic E-state index is 13.4.